The van der Waals surface area contributed by atoms with Crippen LogP contribution in [0.5, 0.6) is 5.75 Å². The Kier molecular flexibility index (Phi) is 5.58. The van der Waals surface area contributed by atoms with E-state index in [4.69, 9.17) is 14.6 Å². The van der Waals surface area contributed by atoms with Gasteiger partial charge in [-0.1, -0.05) is 6.07 Å². The molecule has 100 valence electrons. The Labute approximate surface area is 105 Å². The lowest BCUT2D eigenvalue weighted by Crippen LogP contribution is -2.19. The molecule has 0 spiro atoms. The van der Waals surface area contributed by atoms with Gasteiger partial charge < -0.3 is 14.6 Å². The summed E-state index contributed by atoms with van der Waals surface area (Å²) in [6, 6.07) is 6.01. The van der Waals surface area contributed by atoms with Gasteiger partial charge in [0.15, 0.2) is 6.10 Å². The highest BCUT2D eigenvalue weighted by molar-refractivity contribution is 5.72. The number of methoxy groups -OCH3 is 1. The topological polar surface area (TPSA) is 55.8 Å². The van der Waals surface area contributed by atoms with Gasteiger partial charge in [0.1, 0.15) is 11.6 Å². The van der Waals surface area contributed by atoms with Crippen molar-refractivity contribution in [3.63, 3.8) is 0 Å². The monoisotopic (exact) mass is 256 g/mol. The van der Waals surface area contributed by atoms with Gasteiger partial charge in [-0.05, 0) is 31.9 Å². The van der Waals surface area contributed by atoms with Crippen LogP contribution in [0.3, 0.4) is 0 Å². The first-order valence-electron chi connectivity index (χ1n) is 5.70. The minimum Gasteiger partial charge on any atom is -0.497 e. The maximum absolute atomic E-state index is 12.3. The van der Waals surface area contributed by atoms with Crippen LogP contribution in [0.2, 0.25) is 0 Å². The number of halogens is 1. The Morgan fingerprint density at radius 2 is 2.22 bits per heavy atom. The molecule has 18 heavy (non-hydrogen) atoms. The van der Waals surface area contributed by atoms with Crippen molar-refractivity contribution in [1.82, 2.24) is 0 Å². The van der Waals surface area contributed by atoms with Gasteiger partial charge in [-0.3, -0.25) is 0 Å². The molecule has 1 aromatic carbocycles. The summed E-state index contributed by atoms with van der Waals surface area (Å²) in [6.45, 7) is 1.89. The SMILES string of the molecule is CC1CCC(C(=O)O)O1.COc1cccc(F)c1. The molecule has 0 amide bonds. The number of aliphatic carboxylic acids is 1. The second-order valence-corrected chi connectivity index (χ2v) is 4.01. The molecule has 5 heteroatoms. The molecule has 1 N–H and O–H groups in total. The lowest BCUT2D eigenvalue weighted by Gasteiger charge is -2.03. The molecule has 0 aliphatic carbocycles. The first-order valence-corrected chi connectivity index (χ1v) is 5.70. The highest BCUT2D eigenvalue weighted by atomic mass is 19.1. The standard InChI is InChI=1S/C7H7FO.C6H10O3/c1-9-7-4-2-3-6(8)5-7;1-4-2-3-5(9-4)6(7)8/h2-5H,1H3;4-5H,2-3H2,1H3,(H,7,8). The fraction of sp³-hybridized carbons (Fsp3) is 0.462. The van der Waals surface area contributed by atoms with Crippen molar-refractivity contribution >= 4 is 5.97 Å². The first-order chi connectivity index (χ1) is 8.52. The van der Waals surface area contributed by atoms with Gasteiger partial charge in [0.25, 0.3) is 0 Å². The maximum Gasteiger partial charge on any atom is 0.332 e. The summed E-state index contributed by atoms with van der Waals surface area (Å²) in [5.41, 5.74) is 0. The smallest absolute Gasteiger partial charge is 0.332 e. The number of ether oxygens (including phenoxy) is 2. The van der Waals surface area contributed by atoms with Crippen LogP contribution in [0.25, 0.3) is 0 Å². The molecule has 1 aliphatic rings. The quantitative estimate of drug-likeness (QED) is 0.883. The van der Waals surface area contributed by atoms with Gasteiger partial charge in [0.2, 0.25) is 0 Å². The Bertz CT molecular complexity index is 394. The minimum atomic E-state index is -0.834. The number of carbonyl (C=O) groups is 1. The summed E-state index contributed by atoms with van der Waals surface area (Å²) in [5.74, 6) is -0.552. The van der Waals surface area contributed by atoms with Gasteiger partial charge >= 0.3 is 5.97 Å². The Morgan fingerprint density at radius 1 is 1.50 bits per heavy atom. The molecule has 0 radical (unpaired) electrons. The number of rotatable bonds is 2. The molecule has 1 aromatic rings. The van der Waals surface area contributed by atoms with Crippen LogP contribution < -0.4 is 4.74 Å². The molecule has 1 aliphatic heterocycles. The molecule has 0 saturated carbocycles. The zero-order chi connectivity index (χ0) is 13.5. The Balaban J connectivity index is 0.000000180. The third kappa shape index (κ3) is 4.71. The molecule has 0 aromatic heterocycles. The van der Waals surface area contributed by atoms with Crippen LogP contribution in [-0.4, -0.2) is 30.4 Å². The number of benzene rings is 1. The summed E-state index contributed by atoms with van der Waals surface area (Å²) in [6.07, 6.45) is 1.12. The summed E-state index contributed by atoms with van der Waals surface area (Å²) in [4.78, 5) is 10.2. The van der Waals surface area contributed by atoms with Gasteiger partial charge in [-0.2, -0.15) is 0 Å². The molecule has 1 heterocycles. The fourth-order valence-corrected chi connectivity index (χ4v) is 1.58. The van der Waals surface area contributed by atoms with Crippen LogP contribution >= 0.6 is 0 Å². The van der Waals surface area contributed by atoms with Crippen LogP contribution in [-0.2, 0) is 9.53 Å². The summed E-state index contributed by atoms with van der Waals surface area (Å²) in [7, 11) is 1.51. The summed E-state index contributed by atoms with van der Waals surface area (Å²) >= 11 is 0. The van der Waals surface area contributed by atoms with Crippen LogP contribution in [0.4, 0.5) is 4.39 Å². The summed E-state index contributed by atoms with van der Waals surface area (Å²) < 4.78 is 22.1. The third-order valence-electron chi connectivity index (χ3n) is 2.54. The average Bonchev–Trinajstić information content (AvgIpc) is 2.77. The van der Waals surface area contributed by atoms with E-state index >= 15 is 0 Å². The molecule has 1 saturated heterocycles. The first kappa shape index (κ1) is 14.4. The Morgan fingerprint density at radius 3 is 2.56 bits per heavy atom. The molecule has 1 fully saturated rings. The lowest BCUT2D eigenvalue weighted by molar-refractivity contribution is -0.149. The van der Waals surface area contributed by atoms with E-state index in [1.54, 1.807) is 12.1 Å². The molecule has 0 bridgehead atoms. The normalized spacial score (nSPS) is 21.9. The molecular formula is C13H17FO4. The molecule has 2 rings (SSSR count). The van der Waals surface area contributed by atoms with Gasteiger partial charge in [0, 0.05) is 6.07 Å². The number of hydrogen-bond donors (Lipinski definition) is 1. The molecular weight excluding hydrogens is 239 g/mol. The van der Waals surface area contributed by atoms with E-state index in [0.29, 0.717) is 12.2 Å². The van der Waals surface area contributed by atoms with Crippen LogP contribution in [0.15, 0.2) is 24.3 Å². The largest absolute Gasteiger partial charge is 0.497 e. The lowest BCUT2D eigenvalue weighted by atomic mass is 10.2. The highest BCUT2D eigenvalue weighted by Gasteiger charge is 2.27. The van der Waals surface area contributed by atoms with Crippen LogP contribution in [0.1, 0.15) is 19.8 Å². The van der Waals surface area contributed by atoms with E-state index in [-0.39, 0.29) is 11.9 Å². The second-order valence-electron chi connectivity index (χ2n) is 4.01. The predicted molar refractivity (Wildman–Crippen MR) is 64.2 cm³/mol. The second kappa shape index (κ2) is 6.96. The zero-order valence-electron chi connectivity index (χ0n) is 10.4. The maximum atomic E-state index is 12.3. The molecule has 2 atom stereocenters. The van der Waals surface area contributed by atoms with E-state index in [1.807, 2.05) is 6.92 Å². The van der Waals surface area contributed by atoms with Crippen molar-refractivity contribution < 1.29 is 23.8 Å². The van der Waals surface area contributed by atoms with Crippen molar-refractivity contribution in [1.29, 1.82) is 0 Å². The van der Waals surface area contributed by atoms with Crippen LogP contribution in [0, 0.1) is 5.82 Å². The van der Waals surface area contributed by atoms with Crippen molar-refractivity contribution in [2.45, 2.75) is 32.0 Å². The fourth-order valence-electron chi connectivity index (χ4n) is 1.58. The van der Waals surface area contributed by atoms with Gasteiger partial charge in [0.05, 0.1) is 13.2 Å². The van der Waals surface area contributed by atoms with Crippen molar-refractivity contribution in [3.8, 4) is 5.75 Å². The van der Waals surface area contributed by atoms with E-state index in [2.05, 4.69) is 0 Å². The predicted octanol–water partition coefficient (Wildman–Crippen LogP) is 2.47. The number of hydrogen-bond acceptors (Lipinski definition) is 3. The van der Waals surface area contributed by atoms with E-state index in [1.165, 1.54) is 19.2 Å². The molecule has 2 unspecified atom stereocenters. The Hall–Kier alpha value is -1.62. The average molecular weight is 256 g/mol. The van der Waals surface area contributed by atoms with Crippen molar-refractivity contribution in [3.05, 3.63) is 30.1 Å². The van der Waals surface area contributed by atoms with E-state index in [0.717, 1.165) is 6.42 Å². The van der Waals surface area contributed by atoms with Gasteiger partial charge in [-0.25, -0.2) is 9.18 Å². The van der Waals surface area contributed by atoms with E-state index < -0.39 is 12.1 Å². The minimum absolute atomic E-state index is 0.131. The summed E-state index contributed by atoms with van der Waals surface area (Å²) in [5, 5.41) is 8.41. The van der Waals surface area contributed by atoms with Gasteiger partial charge in [-0.15, -0.1) is 0 Å². The van der Waals surface area contributed by atoms with E-state index in [9.17, 15) is 9.18 Å². The number of carboxylic acids is 1. The third-order valence-corrected chi connectivity index (χ3v) is 2.54. The number of carboxylic acid groups (broad SMARTS) is 1. The zero-order valence-corrected chi connectivity index (χ0v) is 10.4. The van der Waals surface area contributed by atoms with Crippen molar-refractivity contribution in [2.75, 3.05) is 7.11 Å². The molecule has 4 nitrogen and oxygen atoms in total. The highest BCUT2D eigenvalue weighted by Crippen LogP contribution is 2.18. The van der Waals surface area contributed by atoms with Crippen molar-refractivity contribution in [2.24, 2.45) is 0 Å².